The molecule has 8 heteroatoms. The third-order valence-corrected chi connectivity index (χ3v) is 5.63. The van der Waals surface area contributed by atoms with Crippen LogP contribution in [0, 0.1) is 13.8 Å². The number of benzene rings is 1. The van der Waals surface area contributed by atoms with E-state index in [1.165, 1.54) is 6.92 Å². The summed E-state index contributed by atoms with van der Waals surface area (Å²) in [5.41, 5.74) is 1.17. The van der Waals surface area contributed by atoms with E-state index in [-0.39, 0.29) is 24.5 Å². The molecule has 1 spiro atoms. The molecular weight excluding hydrogens is 374 g/mol. The number of nitrogens with zero attached hydrogens (tertiary/aromatic N) is 1. The van der Waals surface area contributed by atoms with E-state index in [4.69, 9.17) is 4.74 Å². The van der Waals surface area contributed by atoms with Gasteiger partial charge in [0.1, 0.15) is 5.75 Å². The molecule has 0 aliphatic carbocycles. The van der Waals surface area contributed by atoms with Crippen molar-refractivity contribution in [2.45, 2.75) is 32.7 Å². The number of fused-ring (bicyclic) bond motifs is 2. The first-order chi connectivity index (χ1) is 13.8. The third-order valence-electron chi connectivity index (χ3n) is 5.63. The molecule has 0 bridgehead atoms. The standard InChI is InChI=1S/C21H21N3O5/c1-11-17(13(3)25)12(2)22-18(11)15(26)10-24-19(27)21(23-20(24)28)8-9-29-16-7-5-4-6-14(16)21/h4-7,22H,8-10H2,1-3H3,(H,23,28). The van der Waals surface area contributed by atoms with E-state index in [2.05, 4.69) is 10.3 Å². The van der Waals surface area contributed by atoms with E-state index < -0.39 is 29.8 Å². The number of imide groups is 1. The highest BCUT2D eigenvalue weighted by Crippen LogP contribution is 2.41. The van der Waals surface area contributed by atoms with Crippen molar-refractivity contribution in [2.24, 2.45) is 0 Å². The number of para-hydroxylation sites is 1. The Morgan fingerprint density at radius 1 is 1.21 bits per heavy atom. The summed E-state index contributed by atoms with van der Waals surface area (Å²) in [6, 6.07) is 6.45. The minimum Gasteiger partial charge on any atom is -0.493 e. The highest BCUT2D eigenvalue weighted by molar-refractivity contribution is 6.12. The number of urea groups is 1. The van der Waals surface area contributed by atoms with Gasteiger partial charge in [-0.25, -0.2) is 4.79 Å². The van der Waals surface area contributed by atoms with E-state index in [0.29, 0.717) is 28.1 Å². The van der Waals surface area contributed by atoms with Crippen LogP contribution in [0.1, 0.15) is 51.0 Å². The van der Waals surface area contributed by atoms with Crippen molar-refractivity contribution in [1.29, 1.82) is 0 Å². The first kappa shape index (κ1) is 18.9. The summed E-state index contributed by atoms with van der Waals surface area (Å²) in [5, 5.41) is 2.77. The van der Waals surface area contributed by atoms with Crippen molar-refractivity contribution in [1.82, 2.24) is 15.2 Å². The normalized spacial score (nSPS) is 20.4. The zero-order valence-electron chi connectivity index (χ0n) is 16.4. The van der Waals surface area contributed by atoms with Crippen LogP contribution < -0.4 is 10.1 Å². The Balaban J connectivity index is 1.64. The van der Waals surface area contributed by atoms with Crippen molar-refractivity contribution < 1.29 is 23.9 Å². The predicted molar refractivity (Wildman–Crippen MR) is 103 cm³/mol. The van der Waals surface area contributed by atoms with E-state index in [1.807, 2.05) is 0 Å². The lowest BCUT2D eigenvalue weighted by Gasteiger charge is -2.33. The van der Waals surface area contributed by atoms with Crippen molar-refractivity contribution >= 4 is 23.5 Å². The zero-order valence-corrected chi connectivity index (χ0v) is 16.4. The Bertz CT molecular complexity index is 1070. The van der Waals surface area contributed by atoms with Crippen LogP contribution in [0.25, 0.3) is 0 Å². The average molecular weight is 395 g/mol. The lowest BCUT2D eigenvalue weighted by Crippen LogP contribution is -2.47. The number of rotatable bonds is 4. The fourth-order valence-corrected chi connectivity index (χ4v) is 4.30. The van der Waals surface area contributed by atoms with E-state index in [1.54, 1.807) is 38.1 Å². The SMILES string of the molecule is CC(=O)c1c(C)[nH]c(C(=O)CN2C(=O)NC3(CCOc4ccccc43)C2=O)c1C. The number of amides is 3. The molecule has 29 heavy (non-hydrogen) atoms. The minimum absolute atomic E-state index is 0.150. The predicted octanol–water partition coefficient (Wildman–Crippen LogP) is 2.25. The minimum atomic E-state index is -1.22. The number of ether oxygens (including phenoxy) is 1. The Morgan fingerprint density at radius 3 is 2.62 bits per heavy atom. The first-order valence-corrected chi connectivity index (χ1v) is 9.36. The monoisotopic (exact) mass is 395 g/mol. The van der Waals surface area contributed by atoms with Crippen LogP contribution in [-0.2, 0) is 10.3 Å². The van der Waals surface area contributed by atoms with Gasteiger partial charge in [0.25, 0.3) is 5.91 Å². The van der Waals surface area contributed by atoms with Gasteiger partial charge in [-0.05, 0) is 32.4 Å². The Morgan fingerprint density at radius 2 is 1.93 bits per heavy atom. The molecule has 1 fully saturated rings. The molecule has 8 nitrogen and oxygen atoms in total. The summed E-state index contributed by atoms with van der Waals surface area (Å²) in [5.74, 6) is -0.510. The molecule has 2 N–H and O–H groups in total. The highest BCUT2D eigenvalue weighted by atomic mass is 16.5. The number of carbonyl (C=O) groups is 4. The Kier molecular flexibility index (Phi) is 4.29. The molecule has 1 aromatic heterocycles. The Hall–Kier alpha value is -3.42. The molecule has 2 aromatic rings. The van der Waals surface area contributed by atoms with E-state index in [0.717, 1.165) is 4.90 Å². The molecule has 1 saturated heterocycles. The van der Waals surface area contributed by atoms with Gasteiger partial charge in [-0.2, -0.15) is 0 Å². The fourth-order valence-electron chi connectivity index (χ4n) is 4.30. The molecule has 3 heterocycles. The first-order valence-electron chi connectivity index (χ1n) is 9.36. The van der Waals surface area contributed by atoms with Crippen molar-refractivity contribution in [3.05, 3.63) is 52.3 Å². The van der Waals surface area contributed by atoms with Crippen molar-refractivity contribution in [2.75, 3.05) is 13.2 Å². The molecular formula is C21H21N3O5. The lowest BCUT2D eigenvalue weighted by atomic mass is 9.84. The highest BCUT2D eigenvalue weighted by Gasteiger charge is 2.55. The lowest BCUT2D eigenvalue weighted by molar-refractivity contribution is -0.132. The number of nitrogens with one attached hydrogen (secondary N) is 2. The van der Waals surface area contributed by atoms with Crippen LogP contribution in [0.5, 0.6) is 5.75 Å². The van der Waals surface area contributed by atoms with Gasteiger partial charge in [0.15, 0.2) is 17.1 Å². The second-order valence-electron chi connectivity index (χ2n) is 7.43. The van der Waals surface area contributed by atoms with Crippen molar-refractivity contribution in [3.8, 4) is 5.75 Å². The number of Topliss-reactive ketones (excluding diaryl/α,β-unsaturated/α-hetero) is 2. The van der Waals surface area contributed by atoms with Crippen LogP contribution in [0.2, 0.25) is 0 Å². The molecule has 1 unspecified atom stereocenters. The van der Waals surface area contributed by atoms with E-state index >= 15 is 0 Å². The summed E-state index contributed by atoms with van der Waals surface area (Å²) >= 11 is 0. The van der Waals surface area contributed by atoms with Gasteiger partial charge < -0.3 is 15.0 Å². The number of aryl methyl sites for hydroxylation is 1. The van der Waals surface area contributed by atoms with Gasteiger partial charge in [-0.3, -0.25) is 19.3 Å². The molecule has 3 amide bonds. The Labute approximate surface area is 167 Å². The largest absolute Gasteiger partial charge is 0.493 e. The molecule has 0 saturated carbocycles. The second-order valence-corrected chi connectivity index (χ2v) is 7.43. The van der Waals surface area contributed by atoms with Crippen LogP contribution in [0.4, 0.5) is 4.79 Å². The van der Waals surface area contributed by atoms with Crippen LogP contribution in [-0.4, -0.2) is 46.5 Å². The summed E-state index contributed by atoms with van der Waals surface area (Å²) in [7, 11) is 0. The molecule has 4 rings (SSSR count). The number of hydrogen-bond donors (Lipinski definition) is 2. The maximum absolute atomic E-state index is 13.3. The molecule has 150 valence electrons. The summed E-state index contributed by atoms with van der Waals surface area (Å²) in [6.07, 6.45) is 0.286. The number of hydrogen-bond acceptors (Lipinski definition) is 5. The molecule has 0 radical (unpaired) electrons. The quantitative estimate of drug-likeness (QED) is 0.610. The molecule has 2 aliphatic rings. The summed E-state index contributed by atoms with van der Waals surface area (Å²) in [4.78, 5) is 54.5. The van der Waals surface area contributed by atoms with Crippen LogP contribution >= 0.6 is 0 Å². The summed E-state index contributed by atoms with van der Waals surface area (Å²) < 4.78 is 5.61. The van der Waals surface area contributed by atoms with Crippen molar-refractivity contribution in [3.63, 3.8) is 0 Å². The maximum atomic E-state index is 13.3. The number of carbonyl (C=O) groups excluding carboxylic acids is 4. The van der Waals surface area contributed by atoms with Crippen LogP contribution in [0.15, 0.2) is 24.3 Å². The maximum Gasteiger partial charge on any atom is 0.325 e. The number of aromatic amines is 1. The van der Waals surface area contributed by atoms with Gasteiger partial charge in [-0.15, -0.1) is 0 Å². The zero-order chi connectivity index (χ0) is 20.9. The van der Waals surface area contributed by atoms with Crippen LogP contribution in [0.3, 0.4) is 0 Å². The molecule has 2 aliphatic heterocycles. The number of aromatic nitrogens is 1. The van der Waals surface area contributed by atoms with Gasteiger partial charge >= 0.3 is 6.03 Å². The number of ketones is 2. The smallest absolute Gasteiger partial charge is 0.325 e. The molecule has 1 atom stereocenters. The molecule has 1 aromatic carbocycles. The van der Waals surface area contributed by atoms with Gasteiger partial charge in [0.05, 0.1) is 18.8 Å². The van der Waals surface area contributed by atoms with Gasteiger partial charge in [0.2, 0.25) is 0 Å². The third kappa shape index (κ3) is 2.74. The topological polar surface area (TPSA) is 109 Å². The van der Waals surface area contributed by atoms with Gasteiger partial charge in [-0.1, -0.05) is 18.2 Å². The van der Waals surface area contributed by atoms with E-state index in [9.17, 15) is 19.2 Å². The average Bonchev–Trinajstić information content (AvgIpc) is 3.10. The number of H-pyrrole nitrogens is 1. The fraction of sp³-hybridized carbons (Fsp3) is 0.333. The van der Waals surface area contributed by atoms with Gasteiger partial charge in [0, 0.05) is 23.2 Å². The summed E-state index contributed by atoms with van der Waals surface area (Å²) in [6.45, 7) is 4.69. The second kappa shape index (κ2) is 6.58.